The first-order valence-electron chi connectivity index (χ1n) is 6.19. The topological polar surface area (TPSA) is 90.1 Å². The van der Waals surface area contributed by atoms with Crippen LogP contribution >= 0.6 is 11.3 Å². The Morgan fingerprint density at radius 3 is 3.14 bits per heavy atom. The van der Waals surface area contributed by atoms with Gasteiger partial charge in [0.15, 0.2) is 5.01 Å². The number of aromatic nitrogens is 2. The Balaban J connectivity index is 1.71. The van der Waals surface area contributed by atoms with Crippen molar-refractivity contribution in [3.8, 4) is 5.75 Å². The lowest BCUT2D eigenvalue weighted by molar-refractivity contribution is 0.0953. The van der Waals surface area contributed by atoms with Crippen molar-refractivity contribution in [2.75, 3.05) is 0 Å². The number of pyridine rings is 1. The number of hydrogen-bond acceptors (Lipinski definition) is 6. The highest BCUT2D eigenvalue weighted by molar-refractivity contribution is 7.11. The number of amides is 1. The minimum Gasteiger partial charge on any atom is -0.487 e. The number of benzene rings is 1. The molecule has 0 saturated heterocycles. The molecule has 0 fully saturated rings. The van der Waals surface area contributed by atoms with Crippen LogP contribution in [0.25, 0.3) is 10.9 Å². The molecule has 21 heavy (non-hydrogen) atoms. The van der Waals surface area contributed by atoms with E-state index in [1.54, 1.807) is 11.6 Å². The smallest absolute Gasteiger partial charge is 0.294 e. The van der Waals surface area contributed by atoms with Crippen LogP contribution in [-0.4, -0.2) is 15.9 Å². The third-order valence-electron chi connectivity index (χ3n) is 2.84. The summed E-state index contributed by atoms with van der Waals surface area (Å²) in [5.74, 6) is 5.37. The molecule has 7 heteroatoms. The molecule has 3 aromatic rings. The Labute approximate surface area is 124 Å². The maximum absolute atomic E-state index is 11.3. The molecule has 0 bridgehead atoms. The van der Waals surface area contributed by atoms with E-state index in [9.17, 15) is 4.79 Å². The third-order valence-corrected chi connectivity index (χ3v) is 3.73. The van der Waals surface area contributed by atoms with E-state index >= 15 is 0 Å². The number of thiazole rings is 1. The molecule has 106 valence electrons. The van der Waals surface area contributed by atoms with E-state index in [2.05, 4.69) is 9.97 Å². The van der Waals surface area contributed by atoms with Crippen LogP contribution in [0, 0.1) is 0 Å². The number of hydrogen-bond donors (Lipinski definition) is 2. The van der Waals surface area contributed by atoms with Crippen LogP contribution in [0.2, 0.25) is 0 Å². The van der Waals surface area contributed by atoms with Crippen LogP contribution in [-0.2, 0) is 6.61 Å². The van der Waals surface area contributed by atoms with Crippen molar-refractivity contribution in [1.82, 2.24) is 15.4 Å². The van der Waals surface area contributed by atoms with Crippen molar-refractivity contribution in [2.24, 2.45) is 5.84 Å². The number of carbonyl (C=O) groups excluding carboxylic acids is 1. The fourth-order valence-electron chi connectivity index (χ4n) is 1.83. The van der Waals surface area contributed by atoms with E-state index in [0.717, 1.165) is 10.9 Å². The van der Waals surface area contributed by atoms with Crippen molar-refractivity contribution in [1.29, 1.82) is 0 Å². The average Bonchev–Trinajstić information content (AvgIpc) is 3.01. The maximum atomic E-state index is 11.3. The van der Waals surface area contributed by atoms with E-state index in [-0.39, 0.29) is 6.61 Å². The van der Waals surface area contributed by atoms with Gasteiger partial charge in [-0.15, -0.1) is 11.3 Å². The van der Waals surface area contributed by atoms with Crippen LogP contribution in [0.3, 0.4) is 0 Å². The number of ether oxygens (including phenoxy) is 1. The highest BCUT2D eigenvalue weighted by atomic mass is 32.1. The number of hydrazine groups is 1. The van der Waals surface area contributed by atoms with Crippen molar-refractivity contribution in [3.05, 3.63) is 52.6 Å². The number of nitrogen functional groups attached to an aromatic ring is 1. The molecule has 2 aromatic heterocycles. The van der Waals surface area contributed by atoms with E-state index in [4.69, 9.17) is 10.6 Å². The van der Waals surface area contributed by atoms with Crippen LogP contribution in [0.15, 0.2) is 41.9 Å². The van der Waals surface area contributed by atoms with Crippen LogP contribution in [0.5, 0.6) is 5.75 Å². The Bertz CT molecular complexity index is 787. The Kier molecular flexibility index (Phi) is 3.76. The fraction of sp³-hybridized carbons (Fsp3) is 0.0714. The summed E-state index contributed by atoms with van der Waals surface area (Å²) in [7, 11) is 0. The van der Waals surface area contributed by atoms with E-state index < -0.39 is 5.91 Å². The molecule has 0 aliphatic rings. The SMILES string of the molecule is NNC(=O)c1nc(COc2ccc3cccnc3c2)cs1. The zero-order valence-electron chi connectivity index (χ0n) is 10.9. The van der Waals surface area contributed by atoms with Gasteiger partial charge in [-0.3, -0.25) is 15.2 Å². The second-order valence-corrected chi connectivity index (χ2v) is 5.12. The molecule has 0 atom stereocenters. The molecular formula is C14H12N4O2S. The summed E-state index contributed by atoms with van der Waals surface area (Å²) in [6.45, 7) is 0.284. The van der Waals surface area contributed by atoms with Gasteiger partial charge in [0, 0.05) is 23.0 Å². The molecule has 0 aliphatic carbocycles. The first kappa shape index (κ1) is 13.5. The molecule has 3 N–H and O–H groups in total. The lowest BCUT2D eigenvalue weighted by atomic mass is 10.2. The summed E-state index contributed by atoms with van der Waals surface area (Å²) in [5, 5.41) is 3.14. The first-order valence-corrected chi connectivity index (χ1v) is 7.07. The molecule has 0 saturated carbocycles. The second kappa shape index (κ2) is 5.86. The van der Waals surface area contributed by atoms with Gasteiger partial charge in [-0.05, 0) is 18.2 Å². The van der Waals surface area contributed by atoms with E-state index in [1.807, 2.05) is 35.8 Å². The quantitative estimate of drug-likeness (QED) is 0.436. The van der Waals surface area contributed by atoms with Gasteiger partial charge in [0.2, 0.25) is 0 Å². The van der Waals surface area contributed by atoms with Crippen molar-refractivity contribution >= 4 is 28.1 Å². The molecule has 1 amide bonds. The monoisotopic (exact) mass is 300 g/mol. The van der Waals surface area contributed by atoms with Crippen molar-refractivity contribution < 1.29 is 9.53 Å². The predicted molar refractivity (Wildman–Crippen MR) is 79.8 cm³/mol. The number of fused-ring (bicyclic) bond motifs is 1. The number of carbonyl (C=O) groups is 1. The van der Waals surface area contributed by atoms with Gasteiger partial charge in [0.25, 0.3) is 5.91 Å². The zero-order chi connectivity index (χ0) is 14.7. The van der Waals surface area contributed by atoms with Gasteiger partial charge in [-0.2, -0.15) is 0 Å². The van der Waals surface area contributed by atoms with Gasteiger partial charge in [0.1, 0.15) is 12.4 Å². The Morgan fingerprint density at radius 2 is 2.29 bits per heavy atom. The summed E-state index contributed by atoms with van der Waals surface area (Å²) in [6.07, 6.45) is 1.74. The molecule has 0 spiro atoms. The summed E-state index contributed by atoms with van der Waals surface area (Å²) in [4.78, 5) is 19.7. The Hall–Kier alpha value is -2.51. The summed E-state index contributed by atoms with van der Waals surface area (Å²) in [5.41, 5.74) is 3.60. The van der Waals surface area contributed by atoms with Crippen molar-refractivity contribution in [3.63, 3.8) is 0 Å². The molecule has 6 nitrogen and oxygen atoms in total. The largest absolute Gasteiger partial charge is 0.487 e. The van der Waals surface area contributed by atoms with E-state index in [1.165, 1.54) is 11.3 Å². The molecule has 2 heterocycles. The molecule has 1 aromatic carbocycles. The van der Waals surface area contributed by atoms with Gasteiger partial charge >= 0.3 is 0 Å². The lowest BCUT2D eigenvalue weighted by Crippen LogP contribution is -2.29. The number of nitrogens with zero attached hydrogens (tertiary/aromatic N) is 2. The van der Waals surface area contributed by atoms with Gasteiger partial charge < -0.3 is 4.74 Å². The second-order valence-electron chi connectivity index (χ2n) is 4.26. The lowest BCUT2D eigenvalue weighted by Gasteiger charge is -2.05. The number of nitrogens with one attached hydrogen (secondary N) is 1. The van der Waals surface area contributed by atoms with Crippen molar-refractivity contribution in [2.45, 2.75) is 6.61 Å². The molecule has 0 unspecified atom stereocenters. The zero-order valence-corrected chi connectivity index (χ0v) is 11.8. The van der Waals surface area contributed by atoms with Crippen LogP contribution in [0.4, 0.5) is 0 Å². The van der Waals surface area contributed by atoms with E-state index in [0.29, 0.717) is 16.5 Å². The number of nitrogens with two attached hydrogens (primary N) is 1. The molecular weight excluding hydrogens is 288 g/mol. The van der Waals surface area contributed by atoms with Gasteiger partial charge in [-0.1, -0.05) is 6.07 Å². The minimum absolute atomic E-state index is 0.284. The van der Waals surface area contributed by atoms with Gasteiger partial charge in [-0.25, -0.2) is 10.8 Å². The maximum Gasteiger partial charge on any atom is 0.294 e. The Morgan fingerprint density at radius 1 is 1.38 bits per heavy atom. The summed E-state index contributed by atoms with van der Waals surface area (Å²) >= 11 is 1.22. The third kappa shape index (κ3) is 2.99. The average molecular weight is 300 g/mol. The molecule has 0 aliphatic heterocycles. The summed E-state index contributed by atoms with van der Waals surface area (Å²) < 4.78 is 5.67. The fourth-order valence-corrected chi connectivity index (χ4v) is 2.54. The minimum atomic E-state index is -0.402. The normalized spacial score (nSPS) is 10.5. The highest BCUT2D eigenvalue weighted by Crippen LogP contribution is 2.20. The number of rotatable bonds is 4. The summed E-state index contributed by atoms with van der Waals surface area (Å²) in [6, 6.07) is 9.58. The highest BCUT2D eigenvalue weighted by Gasteiger charge is 2.09. The van der Waals surface area contributed by atoms with Crippen LogP contribution < -0.4 is 16.0 Å². The molecule has 0 radical (unpaired) electrons. The van der Waals surface area contributed by atoms with Crippen LogP contribution in [0.1, 0.15) is 15.5 Å². The molecule has 3 rings (SSSR count). The predicted octanol–water partition coefficient (Wildman–Crippen LogP) is 1.87. The first-order chi connectivity index (χ1) is 10.3. The van der Waals surface area contributed by atoms with Gasteiger partial charge in [0.05, 0.1) is 11.2 Å². The standard InChI is InChI=1S/C14H12N4O2S/c15-18-13(19)14-17-10(8-21-14)7-20-11-4-3-9-2-1-5-16-12(9)6-11/h1-6,8H,7,15H2,(H,18,19).